The Morgan fingerprint density at radius 2 is 2.00 bits per heavy atom. The van der Waals surface area contributed by atoms with Gasteiger partial charge in [0.2, 0.25) is 0 Å². The third-order valence-electron chi connectivity index (χ3n) is 0.739. The monoisotopic (exact) mass is 140 g/mol. The molecule has 0 unspecified atom stereocenters. The van der Waals surface area contributed by atoms with Crippen molar-refractivity contribution in [2.75, 3.05) is 0 Å². The lowest BCUT2D eigenvalue weighted by Crippen LogP contribution is -1.86. The molecule has 0 aliphatic rings. The normalized spacial score (nSPS) is 9.30. The minimum atomic E-state index is 0.736. The van der Waals surface area contributed by atoms with Crippen LogP contribution in [0.25, 0.3) is 0 Å². The van der Waals surface area contributed by atoms with Gasteiger partial charge in [0.1, 0.15) is 5.84 Å². The van der Waals surface area contributed by atoms with Crippen LogP contribution in [-0.4, -0.2) is 12.6 Å². The summed E-state index contributed by atoms with van der Waals surface area (Å²) in [7, 11) is 0. The van der Waals surface area contributed by atoms with E-state index >= 15 is 0 Å². The van der Waals surface area contributed by atoms with E-state index in [9.17, 15) is 0 Å². The molecule has 0 atom stereocenters. The summed E-state index contributed by atoms with van der Waals surface area (Å²) < 4.78 is 0. The second kappa shape index (κ2) is 11.0. The van der Waals surface area contributed by atoms with Gasteiger partial charge >= 0.3 is 0 Å². The van der Waals surface area contributed by atoms with E-state index in [-0.39, 0.29) is 0 Å². The van der Waals surface area contributed by atoms with Crippen LogP contribution in [0.4, 0.5) is 0 Å². The third kappa shape index (κ3) is 7.08. The molecule has 0 aromatic heterocycles. The van der Waals surface area contributed by atoms with Crippen molar-refractivity contribution in [2.45, 2.75) is 27.2 Å². The van der Waals surface area contributed by atoms with E-state index < -0.39 is 0 Å². The van der Waals surface area contributed by atoms with Gasteiger partial charge in [-0.3, -0.25) is 0 Å². The molecule has 0 amide bonds. The summed E-state index contributed by atoms with van der Waals surface area (Å²) in [4.78, 5) is 7.44. The first kappa shape index (κ1) is 11.8. The summed E-state index contributed by atoms with van der Waals surface area (Å²) in [6, 6.07) is 0. The van der Waals surface area contributed by atoms with E-state index in [4.69, 9.17) is 0 Å². The number of aliphatic imine (C=N–C) groups is 2. The molecule has 0 saturated heterocycles. The first-order chi connectivity index (χ1) is 4.85. The largest absolute Gasteiger partial charge is 0.249 e. The first-order valence-corrected chi connectivity index (χ1v) is 3.49. The maximum atomic E-state index is 3.81. The maximum absolute atomic E-state index is 3.81. The highest BCUT2D eigenvalue weighted by molar-refractivity contribution is 5.86. The van der Waals surface area contributed by atoms with E-state index in [1.54, 1.807) is 0 Å². The quantitative estimate of drug-likeness (QED) is 0.416. The number of rotatable bonds is 2. The van der Waals surface area contributed by atoms with Crippen molar-refractivity contribution >= 4 is 12.6 Å². The second-order valence-electron chi connectivity index (χ2n) is 1.24. The molecule has 0 aliphatic carbocycles. The molecule has 10 heavy (non-hydrogen) atoms. The summed E-state index contributed by atoms with van der Waals surface area (Å²) in [6.45, 7) is 12.7. The van der Waals surface area contributed by atoms with Crippen LogP contribution in [0.15, 0.2) is 22.8 Å². The average Bonchev–Trinajstić information content (AvgIpc) is 2.04. The Labute approximate surface area is 63.4 Å². The van der Waals surface area contributed by atoms with Gasteiger partial charge in [-0.15, -0.1) is 0 Å². The minimum absolute atomic E-state index is 0.736. The Morgan fingerprint density at radius 3 is 2.10 bits per heavy atom. The zero-order valence-corrected chi connectivity index (χ0v) is 7.09. The molecular weight excluding hydrogens is 124 g/mol. The van der Waals surface area contributed by atoms with Crippen LogP contribution in [0.5, 0.6) is 0 Å². The van der Waals surface area contributed by atoms with E-state index in [0.29, 0.717) is 0 Å². The van der Waals surface area contributed by atoms with Crippen LogP contribution >= 0.6 is 0 Å². The zero-order valence-electron chi connectivity index (χ0n) is 7.09. The number of hydrogen-bond donors (Lipinski definition) is 0. The van der Waals surface area contributed by atoms with E-state index in [1.165, 1.54) is 6.20 Å². The topological polar surface area (TPSA) is 24.7 Å². The molecule has 0 aromatic carbocycles. The first-order valence-electron chi connectivity index (χ1n) is 3.49. The molecule has 0 heterocycles. The van der Waals surface area contributed by atoms with Crippen molar-refractivity contribution in [1.82, 2.24) is 0 Å². The van der Waals surface area contributed by atoms with Gasteiger partial charge in [0, 0.05) is 12.6 Å². The lowest BCUT2D eigenvalue weighted by atomic mass is 10.4. The van der Waals surface area contributed by atoms with Gasteiger partial charge in [0.05, 0.1) is 0 Å². The SMILES string of the molecule is C=CN=C(CC)N=C.CC. The van der Waals surface area contributed by atoms with Crippen molar-refractivity contribution in [3.8, 4) is 0 Å². The molecule has 0 saturated carbocycles. The number of hydrogen-bond acceptors (Lipinski definition) is 1. The van der Waals surface area contributed by atoms with E-state index in [2.05, 4.69) is 23.3 Å². The fourth-order valence-corrected chi connectivity index (χ4v) is 0.349. The van der Waals surface area contributed by atoms with Gasteiger partial charge in [0.25, 0.3) is 0 Å². The van der Waals surface area contributed by atoms with Gasteiger partial charge in [-0.05, 0) is 6.72 Å². The lowest BCUT2D eigenvalue weighted by Gasteiger charge is -1.87. The van der Waals surface area contributed by atoms with Crippen LogP contribution in [0.3, 0.4) is 0 Å². The highest BCUT2D eigenvalue weighted by atomic mass is 14.9. The van der Waals surface area contributed by atoms with Crippen LogP contribution in [0.1, 0.15) is 27.2 Å². The molecule has 0 fully saturated rings. The molecule has 0 aliphatic heterocycles. The van der Waals surface area contributed by atoms with Gasteiger partial charge < -0.3 is 0 Å². The van der Waals surface area contributed by atoms with Crippen LogP contribution in [0.2, 0.25) is 0 Å². The minimum Gasteiger partial charge on any atom is -0.249 e. The summed E-state index contributed by atoms with van der Waals surface area (Å²) >= 11 is 0. The molecular formula is C8H16N2. The summed E-state index contributed by atoms with van der Waals surface area (Å²) in [5.41, 5.74) is 0. The Hall–Kier alpha value is -0.920. The van der Waals surface area contributed by atoms with E-state index in [0.717, 1.165) is 12.3 Å². The highest BCUT2D eigenvalue weighted by Crippen LogP contribution is 1.85. The zero-order chi connectivity index (χ0) is 8.41. The fraction of sp³-hybridized carbons (Fsp3) is 0.500. The molecule has 0 spiro atoms. The van der Waals surface area contributed by atoms with Crippen molar-refractivity contribution in [3.63, 3.8) is 0 Å². The summed E-state index contributed by atoms with van der Waals surface area (Å²) in [5.74, 6) is 0.736. The van der Waals surface area contributed by atoms with Crippen LogP contribution < -0.4 is 0 Å². The summed E-state index contributed by atoms with van der Waals surface area (Å²) in [5, 5.41) is 0. The van der Waals surface area contributed by atoms with Gasteiger partial charge in [-0.1, -0.05) is 27.4 Å². The smallest absolute Gasteiger partial charge is 0.127 e. The van der Waals surface area contributed by atoms with Crippen molar-refractivity contribution in [3.05, 3.63) is 12.8 Å². The molecule has 0 N–H and O–H groups in total. The Bertz CT molecular complexity index is 114. The standard InChI is InChI=1S/C6H10N2.C2H6/c1-4-6(7-3)8-5-2;1-2/h5H,2-4H2,1H3;1-2H3. The number of amidine groups is 1. The van der Waals surface area contributed by atoms with Crippen LogP contribution in [0, 0.1) is 0 Å². The molecule has 0 rings (SSSR count). The summed E-state index contributed by atoms with van der Waals surface area (Å²) in [6.07, 6.45) is 2.28. The van der Waals surface area contributed by atoms with Gasteiger partial charge in [-0.2, -0.15) is 0 Å². The van der Waals surface area contributed by atoms with Gasteiger partial charge in [0.15, 0.2) is 0 Å². The Kier molecular flexibility index (Phi) is 13.0. The predicted octanol–water partition coefficient (Wildman–Crippen LogP) is 2.67. The van der Waals surface area contributed by atoms with Crippen molar-refractivity contribution in [1.29, 1.82) is 0 Å². The molecule has 0 bridgehead atoms. The predicted molar refractivity (Wildman–Crippen MR) is 48.8 cm³/mol. The lowest BCUT2D eigenvalue weighted by molar-refractivity contribution is 1.24. The molecule has 0 aromatic rings. The number of nitrogens with zero attached hydrogens (tertiary/aromatic N) is 2. The van der Waals surface area contributed by atoms with Crippen molar-refractivity contribution in [2.24, 2.45) is 9.98 Å². The van der Waals surface area contributed by atoms with E-state index in [1.807, 2.05) is 20.8 Å². The Balaban J connectivity index is 0. The van der Waals surface area contributed by atoms with Gasteiger partial charge in [-0.25, -0.2) is 9.98 Å². The molecule has 0 radical (unpaired) electrons. The fourth-order valence-electron chi connectivity index (χ4n) is 0.349. The maximum Gasteiger partial charge on any atom is 0.127 e. The van der Waals surface area contributed by atoms with Crippen LogP contribution in [-0.2, 0) is 0 Å². The average molecular weight is 140 g/mol. The highest BCUT2D eigenvalue weighted by Gasteiger charge is 1.82. The second-order valence-corrected chi connectivity index (χ2v) is 1.24. The third-order valence-corrected chi connectivity index (χ3v) is 0.739. The molecule has 2 heteroatoms. The van der Waals surface area contributed by atoms with Crippen molar-refractivity contribution < 1.29 is 0 Å². The molecule has 58 valence electrons. The molecule has 2 nitrogen and oxygen atoms in total. The Morgan fingerprint density at radius 1 is 1.50 bits per heavy atom.